The molecule has 1 heterocycles. The highest BCUT2D eigenvalue weighted by Gasteiger charge is 2.14. The summed E-state index contributed by atoms with van der Waals surface area (Å²) in [4.78, 5) is 11.0. The van der Waals surface area contributed by atoms with Crippen LogP contribution in [0.15, 0.2) is 22.8 Å². The third kappa shape index (κ3) is 7.79. The molecule has 0 fully saturated rings. The Balaban J connectivity index is 2.41. The number of esters is 1. The van der Waals surface area contributed by atoms with Crippen molar-refractivity contribution >= 4 is 12.0 Å². The number of unbranched alkanes of at least 4 members (excludes halogenated alkanes) is 3. The van der Waals surface area contributed by atoms with Crippen LogP contribution in [-0.2, 0) is 16.0 Å². The number of rotatable bonds is 12. The second-order valence-corrected chi connectivity index (χ2v) is 6.00. The molecule has 0 aliphatic carbocycles. The number of aryl methyl sites for hydroxylation is 1. The topological polar surface area (TPSA) is 79.9 Å². The first-order valence-corrected chi connectivity index (χ1v) is 8.76. The van der Waals surface area contributed by atoms with E-state index in [4.69, 9.17) is 4.42 Å². The zero-order valence-electron chi connectivity index (χ0n) is 14.7. The van der Waals surface area contributed by atoms with Crippen LogP contribution in [0.1, 0.15) is 63.2 Å². The molecule has 24 heavy (non-hydrogen) atoms. The molecular weight excluding hydrogens is 308 g/mol. The Labute approximate surface area is 144 Å². The highest BCUT2D eigenvalue weighted by atomic mass is 16.5. The van der Waals surface area contributed by atoms with Gasteiger partial charge in [-0.25, -0.2) is 0 Å². The van der Waals surface area contributed by atoms with Crippen molar-refractivity contribution in [3.05, 3.63) is 29.7 Å². The lowest BCUT2D eigenvalue weighted by molar-refractivity contribution is -0.140. The van der Waals surface area contributed by atoms with Crippen molar-refractivity contribution in [3.8, 4) is 0 Å². The van der Waals surface area contributed by atoms with E-state index >= 15 is 0 Å². The predicted octanol–water partition coefficient (Wildman–Crippen LogP) is 3.48. The summed E-state index contributed by atoms with van der Waals surface area (Å²) in [5, 5.41) is 19.9. The van der Waals surface area contributed by atoms with Gasteiger partial charge in [0.05, 0.1) is 25.6 Å². The summed E-state index contributed by atoms with van der Waals surface area (Å²) in [5.41, 5.74) is 0.937. The van der Waals surface area contributed by atoms with Gasteiger partial charge < -0.3 is 19.4 Å². The monoisotopic (exact) mass is 338 g/mol. The zero-order chi connectivity index (χ0) is 17.8. The lowest BCUT2D eigenvalue weighted by Crippen LogP contribution is -2.23. The van der Waals surface area contributed by atoms with Crippen LogP contribution in [-0.4, -0.2) is 35.5 Å². The van der Waals surface area contributed by atoms with Crippen LogP contribution < -0.4 is 0 Å². The Morgan fingerprint density at radius 1 is 1.29 bits per heavy atom. The average Bonchev–Trinajstić information content (AvgIpc) is 3.03. The molecule has 0 aromatic carbocycles. The third-order valence-corrected chi connectivity index (χ3v) is 4.01. The van der Waals surface area contributed by atoms with Crippen LogP contribution in [0.4, 0.5) is 0 Å². The van der Waals surface area contributed by atoms with Gasteiger partial charge in [0, 0.05) is 18.4 Å². The maximum atomic E-state index is 11.0. The fraction of sp³-hybridized carbons (Fsp3) is 0.632. The van der Waals surface area contributed by atoms with Crippen molar-refractivity contribution in [2.75, 3.05) is 7.11 Å². The van der Waals surface area contributed by atoms with Gasteiger partial charge in [-0.05, 0) is 25.3 Å². The largest absolute Gasteiger partial charge is 0.469 e. The van der Waals surface area contributed by atoms with Crippen LogP contribution in [0.5, 0.6) is 0 Å². The number of carbonyl (C=O) groups excluding carboxylic acids is 1. The molecule has 0 radical (unpaired) electrons. The van der Waals surface area contributed by atoms with Crippen LogP contribution in [0.2, 0.25) is 0 Å². The molecule has 1 rings (SSSR count). The number of aliphatic hydroxyl groups is 2. The molecule has 1 aromatic rings. The molecule has 0 saturated heterocycles. The first kappa shape index (κ1) is 20.5. The van der Waals surface area contributed by atoms with Crippen LogP contribution >= 0.6 is 0 Å². The minimum Gasteiger partial charge on any atom is -0.469 e. The van der Waals surface area contributed by atoms with Crippen molar-refractivity contribution in [1.82, 2.24) is 0 Å². The molecule has 1 aromatic heterocycles. The molecule has 0 unspecified atom stereocenters. The lowest BCUT2D eigenvalue weighted by atomic mass is 10.0. The number of aliphatic hydroxyl groups excluding tert-OH is 2. The summed E-state index contributed by atoms with van der Waals surface area (Å²) < 4.78 is 10.0. The number of furan rings is 1. The smallest absolute Gasteiger partial charge is 0.305 e. The van der Waals surface area contributed by atoms with Crippen molar-refractivity contribution in [2.45, 2.75) is 70.5 Å². The number of hydrogen-bond acceptors (Lipinski definition) is 5. The maximum absolute atomic E-state index is 11.0. The summed E-state index contributed by atoms with van der Waals surface area (Å²) in [6, 6.07) is 1.86. The minimum atomic E-state index is -0.967. The first-order valence-electron chi connectivity index (χ1n) is 8.76. The van der Waals surface area contributed by atoms with Crippen molar-refractivity contribution in [3.63, 3.8) is 0 Å². The molecule has 136 valence electrons. The van der Waals surface area contributed by atoms with Gasteiger partial charge in [-0.3, -0.25) is 4.79 Å². The van der Waals surface area contributed by atoms with Gasteiger partial charge in [0.2, 0.25) is 0 Å². The summed E-state index contributed by atoms with van der Waals surface area (Å²) >= 11 is 0. The molecule has 0 saturated carbocycles. The summed E-state index contributed by atoms with van der Waals surface area (Å²) in [5.74, 6) is 0.605. The second kappa shape index (κ2) is 11.9. The van der Waals surface area contributed by atoms with E-state index in [0.717, 1.165) is 24.2 Å². The quantitative estimate of drug-likeness (QED) is 0.450. The summed E-state index contributed by atoms with van der Waals surface area (Å²) in [6.07, 6.45) is 9.78. The lowest BCUT2D eigenvalue weighted by Gasteiger charge is -2.13. The maximum Gasteiger partial charge on any atom is 0.305 e. The first-order chi connectivity index (χ1) is 11.6. The average molecular weight is 338 g/mol. The zero-order valence-corrected chi connectivity index (χ0v) is 14.7. The third-order valence-electron chi connectivity index (χ3n) is 4.01. The minimum absolute atomic E-state index is 0.244. The molecule has 2 N–H and O–H groups in total. The Bertz CT molecular complexity index is 492. The van der Waals surface area contributed by atoms with Gasteiger partial charge in [-0.15, -0.1) is 0 Å². The van der Waals surface area contributed by atoms with Crippen molar-refractivity contribution in [1.29, 1.82) is 0 Å². The van der Waals surface area contributed by atoms with E-state index < -0.39 is 12.2 Å². The van der Waals surface area contributed by atoms with E-state index in [9.17, 15) is 15.0 Å². The van der Waals surface area contributed by atoms with Crippen LogP contribution in [0, 0.1) is 0 Å². The Hall–Kier alpha value is -1.59. The summed E-state index contributed by atoms with van der Waals surface area (Å²) in [6.45, 7) is 2.18. The van der Waals surface area contributed by atoms with Crippen LogP contribution in [0.25, 0.3) is 6.08 Å². The normalized spacial score (nSPS) is 14.0. The fourth-order valence-corrected chi connectivity index (χ4v) is 2.47. The van der Waals surface area contributed by atoms with Crippen molar-refractivity contribution < 1.29 is 24.2 Å². The van der Waals surface area contributed by atoms with E-state index in [1.54, 1.807) is 18.4 Å². The highest BCUT2D eigenvalue weighted by molar-refractivity contribution is 5.69. The summed E-state index contributed by atoms with van der Waals surface area (Å²) in [7, 11) is 1.33. The highest BCUT2D eigenvalue weighted by Crippen LogP contribution is 2.17. The van der Waals surface area contributed by atoms with Crippen LogP contribution in [0.3, 0.4) is 0 Å². The second-order valence-electron chi connectivity index (χ2n) is 6.00. The molecular formula is C19H30O5. The SMILES string of the molecule is CCCCCCc1occc1/C=C/[C@@H](O)[C@@H](O)CCCC(=O)OC. The number of hydrogen-bond donors (Lipinski definition) is 2. The van der Waals surface area contributed by atoms with Gasteiger partial charge in [0.15, 0.2) is 0 Å². The van der Waals surface area contributed by atoms with Gasteiger partial charge in [0.1, 0.15) is 5.76 Å². The van der Waals surface area contributed by atoms with E-state index in [2.05, 4.69) is 11.7 Å². The molecule has 0 aliphatic rings. The number of methoxy groups -OCH3 is 1. The standard InChI is InChI=1S/C19H30O5/c1-3-4-5-6-9-18-15(13-14-24-18)11-12-17(21)16(20)8-7-10-19(22)23-2/h11-14,16-17,20-21H,3-10H2,1-2H3/b12-11+/t16-,17+/m0/s1. The predicted molar refractivity (Wildman–Crippen MR) is 93.5 cm³/mol. The number of carbonyl (C=O) groups is 1. The number of ether oxygens (including phenoxy) is 1. The molecule has 0 aliphatic heterocycles. The van der Waals surface area contributed by atoms with E-state index in [1.165, 1.54) is 26.4 Å². The van der Waals surface area contributed by atoms with E-state index in [1.807, 2.05) is 6.07 Å². The van der Waals surface area contributed by atoms with Gasteiger partial charge in [0.25, 0.3) is 0 Å². The van der Waals surface area contributed by atoms with Gasteiger partial charge in [-0.1, -0.05) is 38.3 Å². The van der Waals surface area contributed by atoms with Gasteiger partial charge in [-0.2, -0.15) is 0 Å². The Kier molecular flexibility index (Phi) is 10.1. The van der Waals surface area contributed by atoms with Gasteiger partial charge >= 0.3 is 5.97 Å². The van der Waals surface area contributed by atoms with Crippen molar-refractivity contribution in [2.24, 2.45) is 0 Å². The molecule has 2 atom stereocenters. The van der Waals surface area contributed by atoms with E-state index in [-0.39, 0.29) is 12.4 Å². The molecule has 5 heteroatoms. The fourth-order valence-electron chi connectivity index (χ4n) is 2.47. The Morgan fingerprint density at radius 3 is 2.79 bits per heavy atom. The molecule has 0 spiro atoms. The molecule has 5 nitrogen and oxygen atoms in total. The Morgan fingerprint density at radius 2 is 2.08 bits per heavy atom. The molecule has 0 amide bonds. The van der Waals surface area contributed by atoms with E-state index in [0.29, 0.717) is 12.8 Å². The molecule has 0 bridgehead atoms.